The molecule has 1 fully saturated rings. The smallest absolute Gasteiger partial charge is 0.261 e. The summed E-state index contributed by atoms with van der Waals surface area (Å²) in [6, 6.07) is 13.8. The second-order valence-corrected chi connectivity index (χ2v) is 8.86. The fourth-order valence-electron chi connectivity index (χ4n) is 5.00. The average Bonchev–Trinajstić information content (AvgIpc) is 3.22. The van der Waals surface area contributed by atoms with Crippen LogP contribution in [0.3, 0.4) is 0 Å². The third-order valence-electron chi connectivity index (χ3n) is 6.64. The molecule has 2 atom stereocenters. The first-order chi connectivity index (χ1) is 15.4. The van der Waals surface area contributed by atoms with Crippen LogP contribution in [-0.2, 0) is 4.79 Å². The molecule has 0 saturated carbocycles. The summed E-state index contributed by atoms with van der Waals surface area (Å²) in [6.45, 7) is 3.82. The highest BCUT2D eigenvalue weighted by atomic mass is 16.2. The number of nitrogens with one attached hydrogen (secondary N) is 2. The molecule has 5 rings (SSSR count). The number of likely N-dealkylation sites (tertiary alicyclic amines) is 1. The van der Waals surface area contributed by atoms with Crippen molar-refractivity contribution in [2.45, 2.75) is 18.9 Å². The van der Waals surface area contributed by atoms with Crippen LogP contribution in [0.15, 0.2) is 48.5 Å². The molecule has 0 aliphatic carbocycles. The van der Waals surface area contributed by atoms with Gasteiger partial charge < -0.3 is 15.5 Å². The molecule has 0 bridgehead atoms. The van der Waals surface area contributed by atoms with E-state index in [2.05, 4.69) is 15.5 Å². The molecule has 3 aliphatic rings. The fraction of sp³-hybridized carbons (Fsp3) is 0.333. The molecule has 2 aromatic rings. The Hall–Kier alpha value is -3.52. The highest BCUT2D eigenvalue weighted by Gasteiger charge is 2.49. The Morgan fingerprint density at radius 1 is 0.906 bits per heavy atom. The third kappa shape index (κ3) is 3.27. The number of rotatable bonds is 4. The van der Waals surface area contributed by atoms with Gasteiger partial charge in [0.1, 0.15) is 0 Å². The summed E-state index contributed by atoms with van der Waals surface area (Å²) < 4.78 is 0. The lowest BCUT2D eigenvalue weighted by atomic mass is 9.86. The SMILES string of the molecule is C[C@]12CN(CCCN3C(=O)c4ccccc4C3=O)C[C@H]1C(=O)Nc1ccccc1C(=O)N2. The fourth-order valence-corrected chi connectivity index (χ4v) is 5.00. The molecule has 164 valence electrons. The summed E-state index contributed by atoms with van der Waals surface area (Å²) in [6.07, 6.45) is 0.587. The van der Waals surface area contributed by atoms with Crippen molar-refractivity contribution in [2.24, 2.45) is 5.92 Å². The van der Waals surface area contributed by atoms with Gasteiger partial charge in [-0.2, -0.15) is 0 Å². The molecule has 3 aliphatic heterocycles. The topological polar surface area (TPSA) is 98.8 Å². The molecule has 8 heteroatoms. The summed E-state index contributed by atoms with van der Waals surface area (Å²) in [5.41, 5.74) is 1.16. The highest BCUT2D eigenvalue weighted by Crippen LogP contribution is 2.32. The van der Waals surface area contributed by atoms with Crippen LogP contribution < -0.4 is 10.6 Å². The van der Waals surface area contributed by atoms with E-state index >= 15 is 0 Å². The normalized spacial score (nSPS) is 24.9. The van der Waals surface area contributed by atoms with Gasteiger partial charge in [0.25, 0.3) is 17.7 Å². The molecule has 0 aromatic heterocycles. The van der Waals surface area contributed by atoms with Crippen molar-refractivity contribution < 1.29 is 19.2 Å². The van der Waals surface area contributed by atoms with Gasteiger partial charge >= 0.3 is 0 Å². The van der Waals surface area contributed by atoms with Gasteiger partial charge in [0.15, 0.2) is 0 Å². The van der Waals surface area contributed by atoms with Crippen LogP contribution in [0.5, 0.6) is 0 Å². The number of benzene rings is 2. The van der Waals surface area contributed by atoms with Gasteiger partial charge in [-0.25, -0.2) is 0 Å². The lowest BCUT2D eigenvalue weighted by molar-refractivity contribution is -0.121. The van der Waals surface area contributed by atoms with E-state index in [4.69, 9.17) is 0 Å². The second kappa shape index (κ2) is 7.56. The van der Waals surface area contributed by atoms with Gasteiger partial charge in [-0.1, -0.05) is 24.3 Å². The van der Waals surface area contributed by atoms with Crippen LogP contribution in [0.1, 0.15) is 44.4 Å². The number of hydrogen-bond acceptors (Lipinski definition) is 5. The van der Waals surface area contributed by atoms with Crippen molar-refractivity contribution in [3.63, 3.8) is 0 Å². The summed E-state index contributed by atoms with van der Waals surface area (Å²) >= 11 is 0. The number of fused-ring (bicyclic) bond motifs is 3. The quantitative estimate of drug-likeness (QED) is 0.718. The van der Waals surface area contributed by atoms with E-state index in [1.165, 1.54) is 4.90 Å². The number of carbonyl (C=O) groups excluding carboxylic acids is 4. The average molecular weight is 432 g/mol. The van der Waals surface area contributed by atoms with Crippen molar-refractivity contribution in [1.82, 2.24) is 15.1 Å². The first-order valence-electron chi connectivity index (χ1n) is 10.8. The van der Waals surface area contributed by atoms with E-state index < -0.39 is 11.5 Å². The molecule has 3 heterocycles. The van der Waals surface area contributed by atoms with E-state index in [9.17, 15) is 19.2 Å². The van der Waals surface area contributed by atoms with Crippen molar-refractivity contribution in [1.29, 1.82) is 0 Å². The van der Waals surface area contributed by atoms with E-state index in [0.717, 1.165) is 0 Å². The molecule has 32 heavy (non-hydrogen) atoms. The number of carbonyl (C=O) groups is 4. The standard InChI is InChI=1S/C24H24N4O4/c1-24-14-27(11-6-12-28-22(31)15-7-2-3-8-16(15)23(28)32)13-18(24)21(30)25-19-10-5-4-9-17(19)20(29)26-24/h2-5,7-10,18H,6,11-14H2,1H3,(H,25,30)(H,26,29)/t18-,24-/m0/s1. The minimum Gasteiger partial charge on any atom is -0.345 e. The number of amides is 4. The molecule has 0 unspecified atom stereocenters. The Balaban J connectivity index is 1.25. The van der Waals surface area contributed by atoms with Gasteiger partial charge in [0.05, 0.1) is 33.8 Å². The molecule has 0 radical (unpaired) electrons. The van der Waals surface area contributed by atoms with E-state index in [0.29, 0.717) is 55.0 Å². The number of anilines is 1. The molecule has 2 N–H and O–H groups in total. The first kappa shape index (κ1) is 20.4. The van der Waals surface area contributed by atoms with Gasteiger partial charge in [0.2, 0.25) is 5.91 Å². The predicted octanol–water partition coefficient (Wildman–Crippen LogP) is 1.75. The maximum Gasteiger partial charge on any atom is 0.261 e. The Bertz CT molecular complexity index is 1110. The van der Waals surface area contributed by atoms with Gasteiger partial charge in [-0.15, -0.1) is 0 Å². The highest BCUT2D eigenvalue weighted by molar-refractivity contribution is 6.21. The second-order valence-electron chi connectivity index (χ2n) is 8.86. The van der Waals surface area contributed by atoms with Crippen molar-refractivity contribution in [3.05, 3.63) is 65.2 Å². The Kier molecular flexibility index (Phi) is 4.82. The summed E-state index contributed by atoms with van der Waals surface area (Å²) in [5.74, 6) is -1.25. The van der Waals surface area contributed by atoms with E-state index in [1.807, 2.05) is 6.92 Å². The molecule has 8 nitrogen and oxygen atoms in total. The minimum absolute atomic E-state index is 0.122. The number of hydrogen-bond donors (Lipinski definition) is 2. The molecule has 1 saturated heterocycles. The number of nitrogens with zero attached hydrogens (tertiary/aromatic N) is 2. The van der Waals surface area contributed by atoms with E-state index in [1.54, 1.807) is 48.5 Å². The molecule has 2 aromatic carbocycles. The number of para-hydroxylation sites is 1. The Morgan fingerprint density at radius 3 is 2.22 bits per heavy atom. The van der Waals surface area contributed by atoms with E-state index in [-0.39, 0.29) is 23.6 Å². The predicted molar refractivity (Wildman–Crippen MR) is 117 cm³/mol. The lowest BCUT2D eigenvalue weighted by Gasteiger charge is -2.33. The van der Waals surface area contributed by atoms with Crippen molar-refractivity contribution in [3.8, 4) is 0 Å². The minimum atomic E-state index is -0.704. The van der Waals surface area contributed by atoms with Crippen molar-refractivity contribution in [2.75, 3.05) is 31.5 Å². The summed E-state index contributed by atoms with van der Waals surface area (Å²) in [4.78, 5) is 54.3. The van der Waals surface area contributed by atoms with Crippen LogP contribution in [0.4, 0.5) is 5.69 Å². The largest absolute Gasteiger partial charge is 0.345 e. The van der Waals surface area contributed by atoms with Crippen LogP contribution in [0, 0.1) is 5.92 Å². The third-order valence-corrected chi connectivity index (χ3v) is 6.64. The van der Waals surface area contributed by atoms with Gasteiger partial charge in [0, 0.05) is 19.6 Å². The van der Waals surface area contributed by atoms with Crippen LogP contribution in [0.25, 0.3) is 0 Å². The van der Waals surface area contributed by atoms with Gasteiger partial charge in [-0.05, 0) is 44.2 Å². The first-order valence-corrected chi connectivity index (χ1v) is 10.8. The zero-order chi connectivity index (χ0) is 22.5. The van der Waals surface area contributed by atoms with Crippen LogP contribution in [0.2, 0.25) is 0 Å². The van der Waals surface area contributed by atoms with Gasteiger partial charge in [-0.3, -0.25) is 24.1 Å². The molecular formula is C24H24N4O4. The Labute approximate surface area is 185 Å². The maximum atomic E-state index is 13.0. The molecular weight excluding hydrogens is 408 g/mol. The summed E-state index contributed by atoms with van der Waals surface area (Å²) in [5, 5.41) is 5.98. The van der Waals surface area contributed by atoms with Crippen LogP contribution >= 0.6 is 0 Å². The molecule has 0 spiro atoms. The summed E-state index contributed by atoms with van der Waals surface area (Å²) in [7, 11) is 0. The lowest BCUT2D eigenvalue weighted by Crippen LogP contribution is -2.56. The Morgan fingerprint density at radius 2 is 1.53 bits per heavy atom. The monoisotopic (exact) mass is 432 g/mol. The maximum absolute atomic E-state index is 13.0. The van der Waals surface area contributed by atoms with Crippen molar-refractivity contribution >= 4 is 29.3 Å². The zero-order valence-electron chi connectivity index (χ0n) is 17.8. The van der Waals surface area contributed by atoms with Crippen LogP contribution in [-0.4, -0.2) is 65.1 Å². The number of imide groups is 1. The molecule has 4 amide bonds. The zero-order valence-corrected chi connectivity index (χ0v) is 17.8.